The number of likely N-dealkylation sites (N-methyl/N-ethyl adjacent to an activating group) is 1. The Morgan fingerprint density at radius 1 is 1.75 bits per heavy atom. The zero-order valence-electron chi connectivity index (χ0n) is 9.81. The molecule has 0 aromatic carbocycles. The lowest BCUT2D eigenvalue weighted by molar-refractivity contribution is -0.122. The average Bonchev–Trinajstić information content (AvgIpc) is 2.69. The molecule has 92 valence electrons. The summed E-state index contributed by atoms with van der Waals surface area (Å²) in [5.41, 5.74) is 5.36. The average molecular weight is 228 g/mol. The highest BCUT2D eigenvalue weighted by Crippen LogP contribution is 2.13. The number of amides is 1. The molecular weight excluding hydrogens is 208 g/mol. The van der Waals surface area contributed by atoms with Crippen molar-refractivity contribution in [2.75, 3.05) is 20.1 Å². The maximum absolute atomic E-state index is 11.6. The van der Waals surface area contributed by atoms with Crippen LogP contribution in [0.2, 0.25) is 0 Å². The van der Waals surface area contributed by atoms with Crippen LogP contribution in [0.3, 0.4) is 0 Å². The third-order valence-electron chi connectivity index (χ3n) is 3.14. The van der Waals surface area contributed by atoms with Crippen molar-refractivity contribution in [3.8, 4) is 0 Å². The molecule has 1 heterocycles. The first kappa shape index (κ1) is 12.8. The first-order valence-electron chi connectivity index (χ1n) is 5.51. The molecule has 0 aliphatic carbocycles. The zero-order chi connectivity index (χ0) is 12.1. The normalized spacial score (nSPS) is 24.4. The highest BCUT2D eigenvalue weighted by Gasteiger charge is 2.23. The van der Waals surface area contributed by atoms with Crippen molar-refractivity contribution in [3.63, 3.8) is 0 Å². The number of oxime groups is 1. The molecule has 1 aliphatic heterocycles. The summed E-state index contributed by atoms with van der Waals surface area (Å²) < 4.78 is 0. The van der Waals surface area contributed by atoms with Gasteiger partial charge in [0.2, 0.25) is 5.91 Å². The molecule has 0 aromatic rings. The van der Waals surface area contributed by atoms with Crippen molar-refractivity contribution in [3.05, 3.63) is 0 Å². The molecule has 0 aromatic heterocycles. The number of nitrogens with one attached hydrogen (secondary N) is 1. The maximum Gasteiger partial charge on any atom is 0.230 e. The summed E-state index contributed by atoms with van der Waals surface area (Å²) in [6.07, 6.45) is 2.28. The standard InChI is InChI=1S/C10H20N4O2/c1-7(9(11)13-16)10(15)12-6-8-4-3-5-14(8)2/h7-8,16H,3-6H2,1-2H3,(H2,11,13)(H,12,15). The molecule has 6 heteroatoms. The lowest BCUT2D eigenvalue weighted by atomic mass is 10.1. The van der Waals surface area contributed by atoms with E-state index < -0.39 is 5.92 Å². The molecule has 0 saturated carbocycles. The van der Waals surface area contributed by atoms with Crippen LogP contribution in [0.5, 0.6) is 0 Å². The minimum Gasteiger partial charge on any atom is -0.409 e. The largest absolute Gasteiger partial charge is 0.409 e. The van der Waals surface area contributed by atoms with Gasteiger partial charge in [-0.05, 0) is 33.4 Å². The van der Waals surface area contributed by atoms with Gasteiger partial charge in [-0.15, -0.1) is 0 Å². The summed E-state index contributed by atoms with van der Waals surface area (Å²) in [5.74, 6) is -0.843. The molecule has 1 amide bonds. The third-order valence-corrected chi connectivity index (χ3v) is 3.14. The van der Waals surface area contributed by atoms with Gasteiger partial charge in [0.15, 0.2) is 5.84 Å². The van der Waals surface area contributed by atoms with Gasteiger partial charge in [0, 0.05) is 12.6 Å². The number of carbonyl (C=O) groups excluding carboxylic acids is 1. The molecule has 2 atom stereocenters. The first-order valence-corrected chi connectivity index (χ1v) is 5.51. The van der Waals surface area contributed by atoms with Gasteiger partial charge in [-0.2, -0.15) is 0 Å². The topological polar surface area (TPSA) is 91.0 Å². The second-order valence-electron chi connectivity index (χ2n) is 4.27. The fourth-order valence-electron chi connectivity index (χ4n) is 1.83. The second-order valence-corrected chi connectivity index (χ2v) is 4.27. The lowest BCUT2D eigenvalue weighted by Gasteiger charge is -2.20. The summed E-state index contributed by atoms with van der Waals surface area (Å²) in [7, 11) is 2.05. The molecule has 1 aliphatic rings. The fraction of sp³-hybridized carbons (Fsp3) is 0.800. The molecule has 1 saturated heterocycles. The Kier molecular flexibility index (Phi) is 4.54. The van der Waals surface area contributed by atoms with Gasteiger partial charge in [-0.3, -0.25) is 4.79 Å². The summed E-state index contributed by atoms with van der Waals surface area (Å²) in [5, 5.41) is 14.1. The molecule has 4 N–H and O–H groups in total. The van der Waals surface area contributed by atoms with Gasteiger partial charge < -0.3 is 21.2 Å². The Hall–Kier alpha value is -1.30. The highest BCUT2D eigenvalue weighted by atomic mass is 16.4. The Labute approximate surface area is 95.5 Å². The van der Waals surface area contributed by atoms with E-state index in [2.05, 4.69) is 22.4 Å². The van der Waals surface area contributed by atoms with E-state index in [1.165, 1.54) is 6.42 Å². The van der Waals surface area contributed by atoms with Crippen molar-refractivity contribution in [2.24, 2.45) is 16.8 Å². The van der Waals surface area contributed by atoms with Crippen LogP contribution in [-0.2, 0) is 4.79 Å². The third kappa shape index (κ3) is 3.10. The van der Waals surface area contributed by atoms with E-state index in [9.17, 15) is 4.79 Å². The number of amidine groups is 1. The van der Waals surface area contributed by atoms with E-state index in [0.717, 1.165) is 13.0 Å². The van der Waals surface area contributed by atoms with Gasteiger partial charge in [-0.1, -0.05) is 5.16 Å². The van der Waals surface area contributed by atoms with Gasteiger partial charge in [0.1, 0.15) is 0 Å². The van der Waals surface area contributed by atoms with Crippen LogP contribution in [0.15, 0.2) is 5.16 Å². The van der Waals surface area contributed by atoms with Crippen molar-refractivity contribution in [1.29, 1.82) is 0 Å². The molecule has 0 radical (unpaired) electrons. The van der Waals surface area contributed by atoms with Gasteiger partial charge in [0.05, 0.1) is 5.92 Å². The predicted molar refractivity (Wildman–Crippen MR) is 61.2 cm³/mol. The van der Waals surface area contributed by atoms with Crippen LogP contribution >= 0.6 is 0 Å². The quantitative estimate of drug-likeness (QED) is 0.264. The van der Waals surface area contributed by atoms with Crippen LogP contribution in [0.1, 0.15) is 19.8 Å². The summed E-state index contributed by atoms with van der Waals surface area (Å²) >= 11 is 0. The van der Waals surface area contributed by atoms with E-state index in [0.29, 0.717) is 12.6 Å². The van der Waals surface area contributed by atoms with Crippen LogP contribution in [-0.4, -0.2) is 48.0 Å². The van der Waals surface area contributed by atoms with Crippen molar-refractivity contribution < 1.29 is 10.0 Å². The zero-order valence-corrected chi connectivity index (χ0v) is 9.81. The molecule has 1 rings (SSSR count). The Balaban J connectivity index is 2.35. The Morgan fingerprint density at radius 3 is 2.94 bits per heavy atom. The highest BCUT2D eigenvalue weighted by molar-refractivity contribution is 6.01. The molecule has 1 fully saturated rings. The number of hydrogen-bond donors (Lipinski definition) is 3. The number of likely N-dealkylation sites (tertiary alicyclic amines) is 1. The van der Waals surface area contributed by atoms with Crippen molar-refractivity contribution in [2.45, 2.75) is 25.8 Å². The van der Waals surface area contributed by atoms with Crippen molar-refractivity contribution in [1.82, 2.24) is 10.2 Å². The van der Waals surface area contributed by atoms with Gasteiger partial charge in [-0.25, -0.2) is 0 Å². The summed E-state index contributed by atoms with van der Waals surface area (Å²) in [4.78, 5) is 13.8. The molecule has 0 spiro atoms. The Morgan fingerprint density at radius 2 is 2.44 bits per heavy atom. The fourth-order valence-corrected chi connectivity index (χ4v) is 1.83. The second kappa shape index (κ2) is 5.69. The molecular formula is C10H20N4O2. The van der Waals surface area contributed by atoms with Crippen LogP contribution < -0.4 is 11.1 Å². The van der Waals surface area contributed by atoms with Gasteiger partial charge in [0.25, 0.3) is 0 Å². The predicted octanol–water partition coefficient (Wildman–Crippen LogP) is -0.421. The summed E-state index contributed by atoms with van der Waals surface area (Å²) in [6.45, 7) is 3.32. The molecule has 2 unspecified atom stereocenters. The van der Waals surface area contributed by atoms with E-state index in [1.54, 1.807) is 6.92 Å². The minimum atomic E-state index is -0.586. The van der Waals surface area contributed by atoms with Gasteiger partial charge >= 0.3 is 0 Å². The van der Waals surface area contributed by atoms with Crippen LogP contribution in [0.4, 0.5) is 0 Å². The number of nitrogens with zero attached hydrogens (tertiary/aromatic N) is 2. The van der Waals surface area contributed by atoms with Crippen molar-refractivity contribution >= 4 is 11.7 Å². The van der Waals surface area contributed by atoms with Crippen LogP contribution in [0.25, 0.3) is 0 Å². The number of rotatable bonds is 4. The van der Waals surface area contributed by atoms with E-state index in [4.69, 9.17) is 10.9 Å². The minimum absolute atomic E-state index is 0.0581. The summed E-state index contributed by atoms with van der Waals surface area (Å²) in [6, 6.07) is 0.406. The monoisotopic (exact) mass is 228 g/mol. The molecule has 0 bridgehead atoms. The van der Waals surface area contributed by atoms with Crippen LogP contribution in [0, 0.1) is 5.92 Å². The number of carbonyl (C=O) groups is 1. The lowest BCUT2D eigenvalue weighted by Crippen LogP contribution is -2.43. The first-order chi connectivity index (χ1) is 7.56. The van der Waals surface area contributed by atoms with E-state index in [-0.39, 0.29) is 11.7 Å². The molecule has 6 nitrogen and oxygen atoms in total. The van der Waals surface area contributed by atoms with E-state index in [1.807, 2.05) is 0 Å². The Bertz CT molecular complexity index is 280. The maximum atomic E-state index is 11.6. The number of nitrogens with two attached hydrogens (primary N) is 1. The molecule has 16 heavy (non-hydrogen) atoms. The van der Waals surface area contributed by atoms with E-state index >= 15 is 0 Å². The SMILES string of the molecule is CC(C(=O)NCC1CCCN1C)C(N)=NO. The number of hydrogen-bond acceptors (Lipinski definition) is 4. The smallest absolute Gasteiger partial charge is 0.230 e.